The number of halogens is 3. The molecule has 2 N–H and O–H groups in total. The fourth-order valence-electron chi connectivity index (χ4n) is 4.37. The van der Waals surface area contributed by atoms with Gasteiger partial charge >= 0.3 is 0 Å². The Morgan fingerprint density at radius 2 is 1.74 bits per heavy atom. The lowest BCUT2D eigenvalue weighted by Gasteiger charge is -2.32. The standard InChI is InChI=1S/C24H31F2NO2S.ClH/c1-2-12-30(28,29)13-4-3-5-17-6-8-19-9-11-24(27)21(20(19)14-17)15-18-7-10-22(25)23(26)16-18;/h6-8,10,14,16,21,24H,2-5,9,11-13,15,27H2,1H3;1H. The van der Waals surface area contributed by atoms with Crippen molar-refractivity contribution in [3.05, 3.63) is 70.3 Å². The second kappa shape index (κ2) is 11.4. The maximum absolute atomic E-state index is 13.6. The second-order valence-electron chi connectivity index (χ2n) is 8.40. The van der Waals surface area contributed by atoms with Crippen LogP contribution in [0.25, 0.3) is 0 Å². The number of benzene rings is 2. The normalized spacial score (nSPS) is 18.3. The number of unbranched alkanes of at least 4 members (excludes halogenated alkanes) is 1. The molecule has 0 fully saturated rings. The molecule has 172 valence electrons. The molecular weight excluding hydrogens is 440 g/mol. The molecule has 0 amide bonds. The van der Waals surface area contributed by atoms with Gasteiger partial charge in [-0.05, 0) is 79.3 Å². The van der Waals surface area contributed by atoms with Gasteiger partial charge in [-0.3, -0.25) is 0 Å². The maximum atomic E-state index is 13.6. The Balaban J connectivity index is 0.00000341. The van der Waals surface area contributed by atoms with Crippen molar-refractivity contribution in [3.8, 4) is 0 Å². The SMILES string of the molecule is CCCS(=O)(=O)CCCCc1ccc2c(c1)C(Cc1ccc(F)c(F)c1)C(N)CC2.Cl. The number of hydrogen-bond acceptors (Lipinski definition) is 3. The third-order valence-corrected chi connectivity index (χ3v) is 7.94. The van der Waals surface area contributed by atoms with E-state index in [9.17, 15) is 17.2 Å². The van der Waals surface area contributed by atoms with E-state index in [1.54, 1.807) is 6.07 Å². The molecule has 3 rings (SSSR count). The van der Waals surface area contributed by atoms with Gasteiger partial charge in [-0.25, -0.2) is 17.2 Å². The molecule has 1 aliphatic carbocycles. The van der Waals surface area contributed by atoms with E-state index < -0.39 is 21.5 Å². The molecule has 0 bridgehead atoms. The van der Waals surface area contributed by atoms with Crippen LogP contribution in [0.15, 0.2) is 36.4 Å². The van der Waals surface area contributed by atoms with Gasteiger partial charge in [0.25, 0.3) is 0 Å². The van der Waals surface area contributed by atoms with Gasteiger partial charge in [0.05, 0.1) is 5.75 Å². The number of aryl methyl sites for hydroxylation is 2. The molecule has 2 unspecified atom stereocenters. The van der Waals surface area contributed by atoms with Gasteiger partial charge in [-0.15, -0.1) is 12.4 Å². The van der Waals surface area contributed by atoms with Crippen LogP contribution in [-0.4, -0.2) is 26.0 Å². The van der Waals surface area contributed by atoms with Crippen LogP contribution >= 0.6 is 12.4 Å². The van der Waals surface area contributed by atoms with Crippen molar-refractivity contribution in [2.75, 3.05) is 11.5 Å². The van der Waals surface area contributed by atoms with Crippen LogP contribution in [0.5, 0.6) is 0 Å². The molecular formula is C24H32ClF2NO2S. The van der Waals surface area contributed by atoms with Crippen LogP contribution in [-0.2, 0) is 29.1 Å². The topological polar surface area (TPSA) is 60.2 Å². The molecule has 3 nitrogen and oxygen atoms in total. The summed E-state index contributed by atoms with van der Waals surface area (Å²) in [4.78, 5) is 0. The van der Waals surface area contributed by atoms with Crippen molar-refractivity contribution in [1.29, 1.82) is 0 Å². The van der Waals surface area contributed by atoms with Crippen LogP contribution in [0.3, 0.4) is 0 Å². The summed E-state index contributed by atoms with van der Waals surface area (Å²) in [5.41, 5.74) is 10.8. The van der Waals surface area contributed by atoms with Crippen LogP contribution in [0.1, 0.15) is 60.8 Å². The second-order valence-corrected chi connectivity index (χ2v) is 10.7. The molecule has 0 radical (unpaired) electrons. The fraction of sp³-hybridized carbons (Fsp3) is 0.500. The molecule has 31 heavy (non-hydrogen) atoms. The zero-order chi connectivity index (χ0) is 21.7. The zero-order valence-electron chi connectivity index (χ0n) is 17.9. The van der Waals surface area contributed by atoms with Crippen molar-refractivity contribution < 1.29 is 17.2 Å². The Labute approximate surface area is 190 Å². The molecule has 2 aromatic rings. The summed E-state index contributed by atoms with van der Waals surface area (Å²) in [6.45, 7) is 1.88. The highest BCUT2D eigenvalue weighted by Crippen LogP contribution is 2.34. The van der Waals surface area contributed by atoms with Crippen LogP contribution in [0.4, 0.5) is 8.78 Å². The van der Waals surface area contributed by atoms with E-state index in [0.717, 1.165) is 31.2 Å². The lowest BCUT2D eigenvalue weighted by atomic mass is 9.76. The summed E-state index contributed by atoms with van der Waals surface area (Å²) in [6.07, 6.45) is 5.33. The highest BCUT2D eigenvalue weighted by molar-refractivity contribution is 7.91. The lowest BCUT2D eigenvalue weighted by Crippen LogP contribution is -2.34. The molecule has 0 aliphatic heterocycles. The van der Waals surface area contributed by atoms with E-state index in [-0.39, 0.29) is 35.9 Å². The average molecular weight is 472 g/mol. The molecule has 2 atom stereocenters. The van der Waals surface area contributed by atoms with Gasteiger partial charge in [0, 0.05) is 17.7 Å². The van der Waals surface area contributed by atoms with Gasteiger partial charge in [-0.1, -0.05) is 31.2 Å². The van der Waals surface area contributed by atoms with Crippen molar-refractivity contribution in [2.24, 2.45) is 5.73 Å². The average Bonchev–Trinajstić information content (AvgIpc) is 2.70. The van der Waals surface area contributed by atoms with Gasteiger partial charge in [0.1, 0.15) is 9.84 Å². The first-order chi connectivity index (χ1) is 14.3. The highest BCUT2D eigenvalue weighted by Gasteiger charge is 2.27. The summed E-state index contributed by atoms with van der Waals surface area (Å²) in [6, 6.07) is 10.5. The van der Waals surface area contributed by atoms with E-state index in [0.29, 0.717) is 19.3 Å². The summed E-state index contributed by atoms with van der Waals surface area (Å²) in [5, 5.41) is 0. The lowest BCUT2D eigenvalue weighted by molar-refractivity contribution is 0.463. The Hall–Kier alpha value is -1.50. The van der Waals surface area contributed by atoms with E-state index in [4.69, 9.17) is 5.73 Å². The summed E-state index contributed by atoms with van der Waals surface area (Å²) in [5.74, 6) is -1.10. The minimum Gasteiger partial charge on any atom is -0.327 e. The number of sulfone groups is 1. The molecule has 0 saturated heterocycles. The first-order valence-electron chi connectivity index (χ1n) is 10.8. The number of nitrogens with two attached hydrogens (primary N) is 1. The molecule has 0 heterocycles. The Bertz CT molecular complexity index is 982. The van der Waals surface area contributed by atoms with E-state index in [1.165, 1.54) is 28.8 Å². The number of fused-ring (bicyclic) bond motifs is 1. The summed E-state index contributed by atoms with van der Waals surface area (Å²) in [7, 11) is -2.93. The van der Waals surface area contributed by atoms with E-state index in [1.807, 2.05) is 6.92 Å². The summed E-state index contributed by atoms with van der Waals surface area (Å²) >= 11 is 0. The maximum Gasteiger partial charge on any atom is 0.159 e. The quantitative estimate of drug-likeness (QED) is 0.515. The molecule has 0 saturated carbocycles. The first-order valence-corrected chi connectivity index (χ1v) is 12.6. The molecule has 2 aromatic carbocycles. The van der Waals surface area contributed by atoms with Gasteiger partial charge in [0.15, 0.2) is 11.6 Å². The van der Waals surface area contributed by atoms with E-state index >= 15 is 0 Å². The highest BCUT2D eigenvalue weighted by atomic mass is 35.5. The van der Waals surface area contributed by atoms with Crippen LogP contribution in [0.2, 0.25) is 0 Å². The van der Waals surface area contributed by atoms with Gasteiger partial charge in [0.2, 0.25) is 0 Å². The predicted octanol–water partition coefficient (Wildman–Crippen LogP) is 5.13. The molecule has 7 heteroatoms. The molecule has 0 spiro atoms. The predicted molar refractivity (Wildman–Crippen MR) is 125 cm³/mol. The van der Waals surface area contributed by atoms with Crippen molar-refractivity contribution >= 4 is 22.2 Å². The van der Waals surface area contributed by atoms with Crippen LogP contribution < -0.4 is 5.73 Å². The van der Waals surface area contributed by atoms with Crippen molar-refractivity contribution in [1.82, 2.24) is 0 Å². The zero-order valence-corrected chi connectivity index (χ0v) is 19.6. The van der Waals surface area contributed by atoms with Crippen molar-refractivity contribution in [2.45, 2.75) is 63.8 Å². The Kier molecular flexibility index (Phi) is 9.46. The molecule has 1 aliphatic rings. The van der Waals surface area contributed by atoms with Gasteiger partial charge < -0.3 is 5.73 Å². The van der Waals surface area contributed by atoms with Crippen LogP contribution in [0, 0.1) is 11.6 Å². The first kappa shape index (κ1) is 25.8. The van der Waals surface area contributed by atoms with E-state index in [2.05, 4.69) is 18.2 Å². The third kappa shape index (κ3) is 6.99. The minimum absolute atomic E-state index is 0. The van der Waals surface area contributed by atoms with Gasteiger partial charge in [-0.2, -0.15) is 0 Å². The number of hydrogen-bond donors (Lipinski definition) is 1. The Morgan fingerprint density at radius 1 is 1.00 bits per heavy atom. The smallest absolute Gasteiger partial charge is 0.159 e. The largest absolute Gasteiger partial charge is 0.327 e. The Morgan fingerprint density at radius 3 is 2.45 bits per heavy atom. The third-order valence-electron chi connectivity index (χ3n) is 6.00. The minimum atomic E-state index is -2.93. The molecule has 0 aromatic heterocycles. The van der Waals surface area contributed by atoms with Crippen molar-refractivity contribution in [3.63, 3.8) is 0 Å². The monoisotopic (exact) mass is 471 g/mol. The summed E-state index contributed by atoms with van der Waals surface area (Å²) < 4.78 is 50.7. The fourth-order valence-corrected chi connectivity index (χ4v) is 5.84. The number of rotatable bonds is 9.